The molecule has 26 heavy (non-hydrogen) atoms. The molecule has 2 rings (SSSR count). The van der Waals surface area contributed by atoms with Crippen LogP contribution in [0.5, 0.6) is 11.5 Å². The van der Waals surface area contributed by atoms with Crippen molar-refractivity contribution in [3.8, 4) is 11.5 Å². The minimum Gasteiger partial charge on any atom is -0.490 e. The highest BCUT2D eigenvalue weighted by atomic mass is 35.5. The van der Waals surface area contributed by atoms with Crippen LogP contribution < -0.4 is 20.6 Å². The Morgan fingerprint density at radius 1 is 1.19 bits per heavy atom. The summed E-state index contributed by atoms with van der Waals surface area (Å²) in [6, 6.07) is 11.6. The SMILES string of the molecule is CCOc1cc(/C=N/NC(=O)c2cccc(Cl)c2)ccc1OCC(N)=O. The van der Waals surface area contributed by atoms with Gasteiger partial charge in [0.25, 0.3) is 11.8 Å². The van der Waals surface area contributed by atoms with Gasteiger partial charge in [-0.3, -0.25) is 9.59 Å². The third kappa shape index (κ3) is 5.78. The lowest BCUT2D eigenvalue weighted by Crippen LogP contribution is -2.20. The number of amides is 2. The molecular weight excluding hydrogens is 358 g/mol. The van der Waals surface area contributed by atoms with Crippen LogP contribution in [0.4, 0.5) is 0 Å². The number of rotatable bonds is 8. The van der Waals surface area contributed by atoms with Crippen molar-refractivity contribution in [2.45, 2.75) is 6.92 Å². The maximum atomic E-state index is 12.0. The lowest BCUT2D eigenvalue weighted by atomic mass is 10.2. The Bertz CT molecular complexity index is 824. The topological polar surface area (TPSA) is 103 Å². The summed E-state index contributed by atoms with van der Waals surface area (Å²) in [6.07, 6.45) is 1.46. The van der Waals surface area contributed by atoms with E-state index in [1.54, 1.807) is 42.5 Å². The molecule has 0 spiro atoms. The molecule has 0 aliphatic heterocycles. The van der Waals surface area contributed by atoms with Gasteiger partial charge in [0, 0.05) is 10.6 Å². The fourth-order valence-electron chi connectivity index (χ4n) is 2.00. The summed E-state index contributed by atoms with van der Waals surface area (Å²) in [5.74, 6) is -0.123. The first-order chi connectivity index (χ1) is 12.5. The van der Waals surface area contributed by atoms with Crippen molar-refractivity contribution in [2.24, 2.45) is 10.8 Å². The first kappa shape index (κ1) is 19.3. The zero-order chi connectivity index (χ0) is 18.9. The van der Waals surface area contributed by atoms with Gasteiger partial charge in [-0.25, -0.2) is 5.43 Å². The molecule has 7 nitrogen and oxygen atoms in total. The van der Waals surface area contributed by atoms with Gasteiger partial charge in [0.2, 0.25) is 0 Å². The predicted molar refractivity (Wildman–Crippen MR) is 98.8 cm³/mol. The standard InChI is InChI=1S/C18H18ClN3O4/c1-2-25-16-8-12(6-7-15(16)26-11-17(20)23)10-21-22-18(24)13-4-3-5-14(19)9-13/h3-10H,2,11H2,1H3,(H2,20,23)(H,22,24)/b21-10+. The zero-order valence-electron chi connectivity index (χ0n) is 14.1. The lowest BCUT2D eigenvalue weighted by Gasteiger charge is -2.11. The molecule has 2 amide bonds. The predicted octanol–water partition coefficient (Wildman–Crippen LogP) is 2.37. The molecule has 0 radical (unpaired) electrons. The third-order valence-electron chi connectivity index (χ3n) is 3.10. The fraction of sp³-hybridized carbons (Fsp3) is 0.167. The van der Waals surface area contributed by atoms with Crippen molar-refractivity contribution < 1.29 is 19.1 Å². The molecule has 0 unspecified atom stereocenters. The molecule has 0 atom stereocenters. The van der Waals surface area contributed by atoms with Crippen molar-refractivity contribution in [3.63, 3.8) is 0 Å². The Balaban J connectivity index is 2.05. The van der Waals surface area contributed by atoms with Crippen molar-refractivity contribution >= 4 is 29.6 Å². The van der Waals surface area contributed by atoms with Crippen molar-refractivity contribution in [3.05, 3.63) is 58.6 Å². The molecule has 0 aliphatic rings. The molecule has 0 bridgehead atoms. The number of hydrogen-bond donors (Lipinski definition) is 2. The van der Waals surface area contributed by atoms with Gasteiger partial charge in [-0.15, -0.1) is 0 Å². The molecule has 0 aromatic heterocycles. The van der Waals surface area contributed by atoms with Crippen LogP contribution in [-0.4, -0.2) is 31.2 Å². The minimum atomic E-state index is -0.582. The van der Waals surface area contributed by atoms with Crippen molar-refractivity contribution in [1.82, 2.24) is 5.43 Å². The van der Waals surface area contributed by atoms with E-state index in [-0.39, 0.29) is 12.5 Å². The Morgan fingerprint density at radius 3 is 2.69 bits per heavy atom. The number of carbonyl (C=O) groups is 2. The van der Waals surface area contributed by atoms with E-state index in [1.165, 1.54) is 6.21 Å². The summed E-state index contributed by atoms with van der Waals surface area (Å²) < 4.78 is 10.8. The summed E-state index contributed by atoms with van der Waals surface area (Å²) in [6.45, 7) is 1.99. The molecule has 3 N–H and O–H groups in total. The van der Waals surface area contributed by atoms with Gasteiger partial charge in [-0.2, -0.15) is 5.10 Å². The van der Waals surface area contributed by atoms with E-state index in [1.807, 2.05) is 6.92 Å². The second-order valence-electron chi connectivity index (χ2n) is 5.10. The number of hydrazone groups is 1. The highest BCUT2D eigenvalue weighted by molar-refractivity contribution is 6.30. The van der Waals surface area contributed by atoms with Crippen LogP contribution in [0.25, 0.3) is 0 Å². The van der Waals surface area contributed by atoms with E-state index in [0.29, 0.717) is 34.3 Å². The first-order valence-corrected chi connectivity index (χ1v) is 8.14. The zero-order valence-corrected chi connectivity index (χ0v) is 14.8. The monoisotopic (exact) mass is 375 g/mol. The van der Waals surface area contributed by atoms with Gasteiger partial charge >= 0.3 is 0 Å². The van der Waals surface area contributed by atoms with Crippen LogP contribution in [0.3, 0.4) is 0 Å². The summed E-state index contributed by atoms with van der Waals surface area (Å²) >= 11 is 5.85. The Hall–Kier alpha value is -3.06. The summed E-state index contributed by atoms with van der Waals surface area (Å²) in [4.78, 5) is 22.8. The van der Waals surface area contributed by atoms with Gasteiger partial charge in [0.05, 0.1) is 12.8 Å². The molecular formula is C18H18ClN3O4. The van der Waals surface area contributed by atoms with E-state index in [2.05, 4.69) is 10.5 Å². The van der Waals surface area contributed by atoms with E-state index in [9.17, 15) is 9.59 Å². The van der Waals surface area contributed by atoms with Gasteiger partial charge in [0.1, 0.15) is 0 Å². The molecule has 136 valence electrons. The number of ether oxygens (including phenoxy) is 2. The summed E-state index contributed by atoms with van der Waals surface area (Å²) in [7, 11) is 0. The van der Waals surface area contributed by atoms with E-state index in [0.717, 1.165) is 0 Å². The van der Waals surface area contributed by atoms with Gasteiger partial charge in [-0.1, -0.05) is 17.7 Å². The molecule has 2 aromatic rings. The van der Waals surface area contributed by atoms with Crippen LogP contribution in [0, 0.1) is 0 Å². The Labute approximate surface area is 155 Å². The van der Waals surface area contributed by atoms with Crippen LogP contribution in [-0.2, 0) is 4.79 Å². The number of halogens is 1. The Kier molecular flexibility index (Phi) is 6.99. The van der Waals surface area contributed by atoms with E-state index >= 15 is 0 Å². The van der Waals surface area contributed by atoms with Crippen LogP contribution >= 0.6 is 11.6 Å². The Morgan fingerprint density at radius 2 is 2.00 bits per heavy atom. The molecule has 0 aliphatic carbocycles. The van der Waals surface area contributed by atoms with Gasteiger partial charge in [0.15, 0.2) is 18.1 Å². The largest absolute Gasteiger partial charge is 0.490 e. The molecule has 0 heterocycles. The summed E-state index contributed by atoms with van der Waals surface area (Å²) in [5.41, 5.74) is 8.57. The van der Waals surface area contributed by atoms with Crippen molar-refractivity contribution in [1.29, 1.82) is 0 Å². The number of benzene rings is 2. The quantitative estimate of drug-likeness (QED) is 0.546. The normalized spacial score (nSPS) is 10.5. The maximum Gasteiger partial charge on any atom is 0.271 e. The molecule has 2 aromatic carbocycles. The van der Waals surface area contributed by atoms with Gasteiger partial charge in [-0.05, 0) is 48.9 Å². The number of nitrogens with zero attached hydrogens (tertiary/aromatic N) is 1. The maximum absolute atomic E-state index is 12.0. The average molecular weight is 376 g/mol. The van der Waals surface area contributed by atoms with Crippen LogP contribution in [0.15, 0.2) is 47.6 Å². The number of nitrogens with two attached hydrogens (primary N) is 1. The van der Waals surface area contributed by atoms with E-state index < -0.39 is 5.91 Å². The molecule has 0 saturated carbocycles. The smallest absolute Gasteiger partial charge is 0.271 e. The molecule has 0 fully saturated rings. The molecule has 8 heteroatoms. The fourth-order valence-corrected chi connectivity index (χ4v) is 2.19. The number of hydrogen-bond acceptors (Lipinski definition) is 5. The lowest BCUT2D eigenvalue weighted by molar-refractivity contribution is -0.119. The third-order valence-corrected chi connectivity index (χ3v) is 3.34. The number of primary amides is 1. The molecule has 0 saturated heterocycles. The highest BCUT2D eigenvalue weighted by Crippen LogP contribution is 2.28. The highest BCUT2D eigenvalue weighted by Gasteiger charge is 2.08. The minimum absolute atomic E-state index is 0.247. The van der Waals surface area contributed by atoms with E-state index in [4.69, 9.17) is 26.8 Å². The number of nitrogens with one attached hydrogen (secondary N) is 1. The second kappa shape index (κ2) is 9.43. The summed E-state index contributed by atoms with van der Waals surface area (Å²) in [5, 5.41) is 4.38. The average Bonchev–Trinajstić information content (AvgIpc) is 2.61. The van der Waals surface area contributed by atoms with Gasteiger partial charge < -0.3 is 15.2 Å². The second-order valence-corrected chi connectivity index (χ2v) is 5.54. The first-order valence-electron chi connectivity index (χ1n) is 7.76. The number of carbonyl (C=O) groups excluding carboxylic acids is 2. The van der Waals surface area contributed by atoms with Crippen LogP contribution in [0.2, 0.25) is 5.02 Å². The van der Waals surface area contributed by atoms with Crippen LogP contribution in [0.1, 0.15) is 22.8 Å². The van der Waals surface area contributed by atoms with Crippen molar-refractivity contribution in [2.75, 3.05) is 13.2 Å².